The summed E-state index contributed by atoms with van der Waals surface area (Å²) in [6, 6.07) is 19.0. The maximum Gasteiger partial charge on any atom is 0.215 e. The van der Waals surface area contributed by atoms with E-state index in [1.54, 1.807) is 0 Å². The first-order valence-electron chi connectivity index (χ1n) is 6.21. The second-order valence-electron chi connectivity index (χ2n) is 4.37. The number of hydrogen-bond acceptors (Lipinski definition) is 2. The van der Waals surface area contributed by atoms with Crippen molar-refractivity contribution in [3.63, 3.8) is 0 Å². The molecular formula is C15H17NO2S. The van der Waals surface area contributed by atoms with Crippen molar-refractivity contribution in [2.45, 2.75) is 12.2 Å². The van der Waals surface area contributed by atoms with E-state index in [0.29, 0.717) is 13.0 Å². The summed E-state index contributed by atoms with van der Waals surface area (Å²) in [4.78, 5) is 0. The summed E-state index contributed by atoms with van der Waals surface area (Å²) in [7, 11) is -3.25. The third-order valence-electron chi connectivity index (χ3n) is 2.78. The molecule has 0 bridgehead atoms. The van der Waals surface area contributed by atoms with E-state index in [-0.39, 0.29) is 5.75 Å². The topological polar surface area (TPSA) is 46.2 Å². The third kappa shape index (κ3) is 4.85. The van der Waals surface area contributed by atoms with Gasteiger partial charge in [0.15, 0.2) is 0 Å². The molecule has 0 unspecified atom stereocenters. The molecule has 19 heavy (non-hydrogen) atoms. The molecule has 0 aliphatic carbocycles. The Labute approximate surface area is 114 Å². The van der Waals surface area contributed by atoms with Gasteiger partial charge in [0.05, 0.1) is 5.75 Å². The summed E-state index contributed by atoms with van der Waals surface area (Å²) < 4.78 is 26.4. The van der Waals surface area contributed by atoms with Crippen LogP contribution in [0.1, 0.15) is 11.1 Å². The Balaban J connectivity index is 1.85. The van der Waals surface area contributed by atoms with Crippen molar-refractivity contribution in [3.8, 4) is 0 Å². The molecule has 0 spiro atoms. The monoisotopic (exact) mass is 275 g/mol. The lowest BCUT2D eigenvalue weighted by Crippen LogP contribution is -2.27. The van der Waals surface area contributed by atoms with E-state index in [2.05, 4.69) is 4.72 Å². The first-order chi connectivity index (χ1) is 9.16. The van der Waals surface area contributed by atoms with Crippen molar-refractivity contribution in [2.75, 3.05) is 6.54 Å². The van der Waals surface area contributed by atoms with E-state index in [9.17, 15) is 8.42 Å². The quantitative estimate of drug-likeness (QED) is 0.879. The fourth-order valence-corrected chi connectivity index (χ4v) is 2.99. The summed E-state index contributed by atoms with van der Waals surface area (Å²) >= 11 is 0. The Morgan fingerprint density at radius 2 is 1.32 bits per heavy atom. The van der Waals surface area contributed by atoms with Crippen LogP contribution in [0.5, 0.6) is 0 Å². The normalized spacial score (nSPS) is 11.4. The Hall–Kier alpha value is -1.65. The van der Waals surface area contributed by atoms with Gasteiger partial charge < -0.3 is 0 Å². The van der Waals surface area contributed by atoms with Crippen LogP contribution in [0.15, 0.2) is 60.7 Å². The molecule has 0 saturated heterocycles. The highest BCUT2D eigenvalue weighted by Gasteiger charge is 2.10. The Morgan fingerprint density at radius 1 is 0.789 bits per heavy atom. The van der Waals surface area contributed by atoms with E-state index < -0.39 is 10.0 Å². The van der Waals surface area contributed by atoms with Gasteiger partial charge in [-0.25, -0.2) is 13.1 Å². The highest BCUT2D eigenvalue weighted by molar-refractivity contribution is 7.88. The number of benzene rings is 2. The van der Waals surface area contributed by atoms with Gasteiger partial charge in [-0.3, -0.25) is 0 Å². The number of sulfonamides is 1. The molecule has 2 aromatic carbocycles. The van der Waals surface area contributed by atoms with Gasteiger partial charge >= 0.3 is 0 Å². The summed E-state index contributed by atoms with van der Waals surface area (Å²) in [5.41, 5.74) is 1.93. The maximum absolute atomic E-state index is 11.9. The fraction of sp³-hybridized carbons (Fsp3) is 0.200. The van der Waals surface area contributed by atoms with Gasteiger partial charge in [-0.2, -0.15) is 0 Å². The van der Waals surface area contributed by atoms with Crippen LogP contribution in [0.2, 0.25) is 0 Å². The molecule has 2 rings (SSSR count). The van der Waals surface area contributed by atoms with Crippen molar-refractivity contribution in [1.82, 2.24) is 4.72 Å². The van der Waals surface area contributed by atoms with Gasteiger partial charge in [-0.15, -0.1) is 0 Å². The fourth-order valence-electron chi connectivity index (χ4n) is 1.84. The van der Waals surface area contributed by atoms with Crippen LogP contribution in [0.25, 0.3) is 0 Å². The molecule has 0 fully saturated rings. The predicted molar refractivity (Wildman–Crippen MR) is 77.2 cm³/mol. The average Bonchev–Trinajstić information content (AvgIpc) is 2.40. The Bertz CT molecular complexity index is 595. The molecule has 0 aromatic heterocycles. The number of hydrogen-bond donors (Lipinski definition) is 1. The van der Waals surface area contributed by atoms with Crippen molar-refractivity contribution < 1.29 is 8.42 Å². The smallest absolute Gasteiger partial charge is 0.215 e. The minimum Gasteiger partial charge on any atom is -0.215 e. The Morgan fingerprint density at radius 3 is 1.89 bits per heavy atom. The molecule has 0 saturated carbocycles. The zero-order valence-electron chi connectivity index (χ0n) is 10.6. The zero-order chi connectivity index (χ0) is 13.6. The lowest BCUT2D eigenvalue weighted by Gasteiger charge is -2.06. The molecule has 3 nitrogen and oxygen atoms in total. The molecular weight excluding hydrogens is 258 g/mol. The first kappa shape index (κ1) is 13.8. The zero-order valence-corrected chi connectivity index (χ0v) is 11.4. The van der Waals surface area contributed by atoms with Crippen molar-refractivity contribution >= 4 is 10.0 Å². The molecule has 0 atom stereocenters. The van der Waals surface area contributed by atoms with Crippen LogP contribution in [0.4, 0.5) is 0 Å². The molecule has 0 aliphatic rings. The van der Waals surface area contributed by atoms with E-state index in [1.807, 2.05) is 60.7 Å². The van der Waals surface area contributed by atoms with E-state index >= 15 is 0 Å². The standard InChI is InChI=1S/C15H17NO2S/c17-19(18,13-15-9-5-2-6-10-15)16-12-11-14-7-3-1-4-8-14/h1-10,16H,11-13H2. The SMILES string of the molecule is O=S(=O)(Cc1ccccc1)NCCc1ccccc1. The van der Waals surface area contributed by atoms with Crippen LogP contribution in [0, 0.1) is 0 Å². The molecule has 1 N–H and O–H groups in total. The average molecular weight is 275 g/mol. The molecule has 4 heteroatoms. The maximum atomic E-state index is 11.9. The minimum atomic E-state index is -3.25. The van der Waals surface area contributed by atoms with Crippen LogP contribution >= 0.6 is 0 Å². The van der Waals surface area contributed by atoms with Crippen molar-refractivity contribution in [3.05, 3.63) is 71.8 Å². The van der Waals surface area contributed by atoms with Crippen molar-refractivity contribution in [2.24, 2.45) is 0 Å². The molecule has 0 amide bonds. The first-order valence-corrected chi connectivity index (χ1v) is 7.86. The van der Waals surface area contributed by atoms with Gasteiger partial charge in [0.1, 0.15) is 0 Å². The molecule has 100 valence electrons. The van der Waals surface area contributed by atoms with Crippen LogP contribution < -0.4 is 4.72 Å². The molecule has 0 heterocycles. The lowest BCUT2D eigenvalue weighted by atomic mass is 10.2. The summed E-state index contributed by atoms with van der Waals surface area (Å²) in [5, 5.41) is 0. The van der Waals surface area contributed by atoms with Gasteiger partial charge in [0.25, 0.3) is 0 Å². The van der Waals surface area contributed by atoms with Gasteiger partial charge in [0, 0.05) is 6.54 Å². The summed E-state index contributed by atoms with van der Waals surface area (Å²) in [5.74, 6) is 0.0304. The Kier molecular flexibility index (Phi) is 4.71. The predicted octanol–water partition coefficient (Wildman–Crippen LogP) is 2.35. The van der Waals surface area contributed by atoms with Crippen molar-refractivity contribution in [1.29, 1.82) is 0 Å². The molecule has 2 aromatic rings. The van der Waals surface area contributed by atoms with E-state index in [1.165, 1.54) is 0 Å². The highest BCUT2D eigenvalue weighted by atomic mass is 32.2. The molecule has 0 radical (unpaired) electrons. The van der Waals surface area contributed by atoms with Gasteiger partial charge in [-0.1, -0.05) is 60.7 Å². The van der Waals surface area contributed by atoms with Crippen LogP contribution in [-0.2, 0) is 22.2 Å². The van der Waals surface area contributed by atoms with Gasteiger partial charge in [-0.05, 0) is 17.5 Å². The van der Waals surface area contributed by atoms with E-state index in [0.717, 1.165) is 11.1 Å². The van der Waals surface area contributed by atoms with Gasteiger partial charge in [0.2, 0.25) is 10.0 Å². The highest BCUT2D eigenvalue weighted by Crippen LogP contribution is 2.04. The number of nitrogens with one attached hydrogen (secondary N) is 1. The second-order valence-corrected chi connectivity index (χ2v) is 6.18. The van der Waals surface area contributed by atoms with Crippen LogP contribution in [-0.4, -0.2) is 15.0 Å². The second kappa shape index (κ2) is 6.50. The summed E-state index contributed by atoms with van der Waals surface area (Å²) in [6.45, 7) is 0.430. The van der Waals surface area contributed by atoms with E-state index in [4.69, 9.17) is 0 Å². The summed E-state index contributed by atoms with van der Waals surface area (Å²) in [6.07, 6.45) is 0.703. The number of rotatable bonds is 6. The third-order valence-corrected chi connectivity index (χ3v) is 4.14. The minimum absolute atomic E-state index is 0.0304. The van der Waals surface area contributed by atoms with Crippen LogP contribution in [0.3, 0.4) is 0 Å². The molecule has 0 aliphatic heterocycles. The largest absolute Gasteiger partial charge is 0.215 e. The lowest BCUT2D eigenvalue weighted by molar-refractivity contribution is 0.581.